The highest BCUT2D eigenvalue weighted by molar-refractivity contribution is 5.87. The van der Waals surface area contributed by atoms with Crippen LogP contribution in [0.2, 0.25) is 0 Å². The zero-order valence-electron chi connectivity index (χ0n) is 17.8. The molecule has 1 heterocycles. The van der Waals surface area contributed by atoms with Gasteiger partial charge < -0.3 is 10.2 Å². The minimum atomic E-state index is -0.327. The third kappa shape index (κ3) is 2.63. The van der Waals surface area contributed by atoms with Gasteiger partial charge in [-0.25, -0.2) is 0 Å². The van der Waals surface area contributed by atoms with Gasteiger partial charge in [0.2, 0.25) is 0 Å². The van der Waals surface area contributed by atoms with E-state index >= 15 is 0 Å². The normalized spacial score (nSPS) is 54.7. The molecule has 4 heteroatoms. The molecule has 4 aliphatic carbocycles. The summed E-state index contributed by atoms with van der Waals surface area (Å²) >= 11 is 0. The molecule has 9 atom stereocenters. The van der Waals surface area contributed by atoms with Crippen molar-refractivity contribution in [3.8, 4) is 0 Å². The molecule has 5 rings (SSSR count). The predicted octanol–water partition coefficient (Wildman–Crippen LogP) is 3.39. The summed E-state index contributed by atoms with van der Waals surface area (Å²) in [6.45, 7) is 6.97. The molecule has 1 aliphatic heterocycles. The largest absolute Gasteiger partial charge is 0.393 e. The molecule has 5 fully saturated rings. The van der Waals surface area contributed by atoms with Crippen molar-refractivity contribution in [3.05, 3.63) is 0 Å². The highest BCUT2D eigenvalue weighted by Crippen LogP contribution is 2.66. The summed E-state index contributed by atoms with van der Waals surface area (Å²) in [6, 6.07) is 0.380. The molecule has 158 valence electrons. The number of nitrogens with zero attached hydrogens (tertiary/aromatic N) is 1. The number of fused-ring (bicyclic) bond motifs is 5. The number of rotatable bonds is 1. The molecule has 4 unspecified atom stereocenters. The molecule has 0 spiro atoms. The SMILES string of the molecule is C[C@@]12C(CC(O)CC1N1CCCCC1)C(O)C[C@@H]1[C@H]2CC[C@]2(C)C(=O)CC[C@@H]12. The third-order valence-corrected chi connectivity index (χ3v) is 10.3. The molecule has 0 aromatic carbocycles. The number of carbonyl (C=O) groups excluding carboxylic acids is 1. The van der Waals surface area contributed by atoms with Gasteiger partial charge in [0.15, 0.2) is 0 Å². The maximum absolute atomic E-state index is 12.7. The maximum atomic E-state index is 12.7. The summed E-state index contributed by atoms with van der Waals surface area (Å²) in [6.07, 6.45) is 9.64. The van der Waals surface area contributed by atoms with Gasteiger partial charge in [0.25, 0.3) is 0 Å². The number of likely N-dealkylation sites (tertiary alicyclic amines) is 1. The van der Waals surface area contributed by atoms with Crippen LogP contribution < -0.4 is 0 Å². The van der Waals surface area contributed by atoms with Crippen LogP contribution in [0.3, 0.4) is 0 Å². The molecule has 0 aromatic heterocycles. The van der Waals surface area contributed by atoms with E-state index in [9.17, 15) is 15.0 Å². The zero-order chi connectivity index (χ0) is 19.7. The minimum Gasteiger partial charge on any atom is -0.393 e. The summed E-state index contributed by atoms with van der Waals surface area (Å²) in [5.74, 6) is 2.20. The van der Waals surface area contributed by atoms with Crippen LogP contribution in [0.5, 0.6) is 0 Å². The van der Waals surface area contributed by atoms with Gasteiger partial charge >= 0.3 is 0 Å². The Morgan fingerprint density at radius 2 is 1.68 bits per heavy atom. The van der Waals surface area contributed by atoms with Gasteiger partial charge in [-0.3, -0.25) is 9.69 Å². The topological polar surface area (TPSA) is 60.8 Å². The van der Waals surface area contributed by atoms with Crippen molar-refractivity contribution in [1.82, 2.24) is 4.90 Å². The van der Waals surface area contributed by atoms with E-state index in [2.05, 4.69) is 18.7 Å². The van der Waals surface area contributed by atoms with Crippen LogP contribution in [0.1, 0.15) is 78.1 Å². The van der Waals surface area contributed by atoms with Crippen LogP contribution >= 0.6 is 0 Å². The summed E-state index contributed by atoms with van der Waals surface area (Å²) in [5.41, 5.74) is -0.0786. The molecular weight excluding hydrogens is 350 g/mol. The first-order valence-corrected chi connectivity index (χ1v) is 12.0. The van der Waals surface area contributed by atoms with Crippen LogP contribution in [0, 0.1) is 34.5 Å². The first-order valence-electron chi connectivity index (χ1n) is 12.0. The molecular formula is C24H39NO3. The molecule has 5 aliphatic rings. The van der Waals surface area contributed by atoms with E-state index in [1.807, 2.05) is 0 Å². The monoisotopic (exact) mass is 389 g/mol. The van der Waals surface area contributed by atoms with E-state index in [1.54, 1.807) is 0 Å². The number of carbonyl (C=O) groups is 1. The van der Waals surface area contributed by atoms with Gasteiger partial charge in [-0.05, 0) is 93.5 Å². The average Bonchev–Trinajstić information content (AvgIpc) is 2.99. The van der Waals surface area contributed by atoms with Crippen LogP contribution in [0.25, 0.3) is 0 Å². The van der Waals surface area contributed by atoms with E-state index in [4.69, 9.17) is 0 Å². The fraction of sp³-hybridized carbons (Fsp3) is 0.958. The van der Waals surface area contributed by atoms with Crippen molar-refractivity contribution < 1.29 is 15.0 Å². The highest BCUT2D eigenvalue weighted by Gasteiger charge is 2.65. The quantitative estimate of drug-likeness (QED) is 0.722. The molecule has 0 aromatic rings. The molecule has 0 amide bonds. The number of aliphatic hydroxyl groups is 2. The lowest BCUT2D eigenvalue weighted by Crippen LogP contribution is -2.66. The van der Waals surface area contributed by atoms with Crippen LogP contribution in [-0.4, -0.2) is 52.2 Å². The lowest BCUT2D eigenvalue weighted by Gasteiger charge is -2.65. The fourth-order valence-corrected chi connectivity index (χ4v) is 8.87. The lowest BCUT2D eigenvalue weighted by molar-refractivity contribution is -0.199. The van der Waals surface area contributed by atoms with Gasteiger partial charge in [0.05, 0.1) is 12.2 Å². The van der Waals surface area contributed by atoms with Gasteiger partial charge in [0.1, 0.15) is 5.78 Å². The molecule has 1 saturated heterocycles. The number of Topliss-reactive ketones (excluding diaryl/α,β-unsaturated/α-hetero) is 1. The van der Waals surface area contributed by atoms with E-state index in [0.717, 1.165) is 58.0 Å². The average molecular weight is 390 g/mol. The Morgan fingerprint density at radius 3 is 2.43 bits per heavy atom. The van der Waals surface area contributed by atoms with Crippen molar-refractivity contribution in [2.24, 2.45) is 34.5 Å². The third-order valence-electron chi connectivity index (χ3n) is 10.3. The molecule has 4 saturated carbocycles. The van der Waals surface area contributed by atoms with Gasteiger partial charge in [0, 0.05) is 17.9 Å². The summed E-state index contributed by atoms with van der Waals surface area (Å²) < 4.78 is 0. The second-order valence-electron chi connectivity index (χ2n) is 11.3. The highest BCUT2D eigenvalue weighted by atomic mass is 16.3. The maximum Gasteiger partial charge on any atom is 0.139 e. The van der Waals surface area contributed by atoms with Gasteiger partial charge in [-0.1, -0.05) is 20.3 Å². The van der Waals surface area contributed by atoms with Crippen molar-refractivity contribution in [1.29, 1.82) is 0 Å². The number of hydrogen-bond donors (Lipinski definition) is 2. The van der Waals surface area contributed by atoms with E-state index in [1.165, 1.54) is 19.3 Å². The first kappa shape index (κ1) is 19.5. The Hall–Kier alpha value is -0.450. The molecule has 2 N–H and O–H groups in total. The Labute approximate surface area is 170 Å². The Bertz CT molecular complexity index is 631. The standard InChI is InChI=1S/C24H39NO3/c1-23-9-8-18-16(17(23)6-7-22(23)28)14-20(27)19-12-15(26)13-21(24(18,19)2)25-10-4-3-5-11-25/h15-21,26-27H,3-14H2,1-2H3/t15?,16-,17-,18+,19?,20?,21?,23-,24+/m0/s1. The van der Waals surface area contributed by atoms with Gasteiger partial charge in [-0.15, -0.1) is 0 Å². The molecule has 4 nitrogen and oxygen atoms in total. The number of aliphatic hydroxyl groups excluding tert-OH is 2. The van der Waals surface area contributed by atoms with Crippen LogP contribution in [-0.2, 0) is 4.79 Å². The second-order valence-corrected chi connectivity index (χ2v) is 11.3. The Morgan fingerprint density at radius 1 is 0.929 bits per heavy atom. The van der Waals surface area contributed by atoms with E-state index < -0.39 is 0 Å². The van der Waals surface area contributed by atoms with Crippen molar-refractivity contribution in [2.75, 3.05) is 13.1 Å². The van der Waals surface area contributed by atoms with Crippen LogP contribution in [0.4, 0.5) is 0 Å². The molecule has 28 heavy (non-hydrogen) atoms. The number of hydrogen-bond acceptors (Lipinski definition) is 4. The zero-order valence-corrected chi connectivity index (χ0v) is 17.8. The molecule has 0 bridgehead atoms. The summed E-state index contributed by atoms with van der Waals surface area (Å²) in [4.78, 5) is 15.4. The first-order chi connectivity index (χ1) is 13.4. The fourth-order valence-electron chi connectivity index (χ4n) is 8.87. The smallest absolute Gasteiger partial charge is 0.139 e. The van der Waals surface area contributed by atoms with Crippen molar-refractivity contribution in [2.45, 2.75) is 96.3 Å². The second kappa shape index (κ2) is 6.78. The predicted molar refractivity (Wildman–Crippen MR) is 109 cm³/mol. The summed E-state index contributed by atoms with van der Waals surface area (Å²) in [7, 11) is 0. The lowest BCUT2D eigenvalue weighted by atomic mass is 9.43. The van der Waals surface area contributed by atoms with Gasteiger partial charge in [-0.2, -0.15) is 0 Å². The van der Waals surface area contributed by atoms with E-state index in [0.29, 0.717) is 29.6 Å². The van der Waals surface area contributed by atoms with Crippen molar-refractivity contribution >= 4 is 5.78 Å². The summed E-state index contributed by atoms with van der Waals surface area (Å²) in [5, 5.41) is 22.0. The van der Waals surface area contributed by atoms with Crippen LogP contribution in [0.15, 0.2) is 0 Å². The van der Waals surface area contributed by atoms with E-state index in [-0.39, 0.29) is 29.0 Å². The number of ketones is 1. The molecule has 0 radical (unpaired) electrons. The Kier molecular flexibility index (Phi) is 4.73. The Balaban J connectivity index is 1.52. The van der Waals surface area contributed by atoms with Crippen molar-refractivity contribution in [3.63, 3.8) is 0 Å². The number of piperidine rings is 1. The minimum absolute atomic E-state index is 0.0614.